The molecule has 0 bridgehead atoms. The summed E-state index contributed by atoms with van der Waals surface area (Å²) in [6.45, 7) is 8.50. The lowest BCUT2D eigenvalue weighted by molar-refractivity contribution is -0.139. The Morgan fingerprint density at radius 3 is 2.74 bits per heavy atom. The summed E-state index contributed by atoms with van der Waals surface area (Å²) in [6, 6.07) is 7.73. The lowest BCUT2D eigenvalue weighted by Gasteiger charge is -2.26. The van der Waals surface area contributed by atoms with Gasteiger partial charge in [0.05, 0.1) is 30.9 Å². The third kappa shape index (κ3) is 4.04. The van der Waals surface area contributed by atoms with Crippen LogP contribution in [0.3, 0.4) is 0 Å². The van der Waals surface area contributed by atoms with Gasteiger partial charge in [-0.1, -0.05) is 43.8 Å². The summed E-state index contributed by atoms with van der Waals surface area (Å²) in [5, 5.41) is 0.671. The fraction of sp³-hybridized carbons (Fsp3) is 0.435. The predicted molar refractivity (Wildman–Crippen MR) is 124 cm³/mol. The van der Waals surface area contributed by atoms with Crippen LogP contribution < -0.4 is 5.56 Å². The van der Waals surface area contributed by atoms with E-state index in [1.165, 1.54) is 30.2 Å². The average molecular weight is 459 g/mol. The second-order valence-electron chi connectivity index (χ2n) is 8.09. The van der Waals surface area contributed by atoms with Crippen molar-refractivity contribution in [2.45, 2.75) is 57.2 Å². The zero-order valence-electron chi connectivity index (χ0n) is 18.3. The van der Waals surface area contributed by atoms with Gasteiger partial charge in [0.15, 0.2) is 5.16 Å². The number of rotatable bonds is 5. The van der Waals surface area contributed by atoms with Crippen molar-refractivity contribution in [1.29, 1.82) is 0 Å². The normalized spacial score (nSPS) is 17.0. The Labute approximate surface area is 189 Å². The standard InChI is InChI=1S/C23H26N2O4S2/c1-12(2)17-10-15-18(11-29-17)31-20-19(15)21(26)25(16-9-7-6-8-13(16)3)23(24-20)30-14(4)22(27)28-5/h6-9,12,14,17H,10-11H2,1-5H3/t14-,17+/m1/s1. The Morgan fingerprint density at radius 2 is 2.06 bits per heavy atom. The minimum absolute atomic E-state index is 0.0880. The monoisotopic (exact) mass is 458 g/mol. The first-order valence-electron chi connectivity index (χ1n) is 10.3. The second kappa shape index (κ2) is 8.76. The van der Waals surface area contributed by atoms with Crippen molar-refractivity contribution in [2.75, 3.05) is 7.11 Å². The molecule has 0 unspecified atom stereocenters. The summed E-state index contributed by atoms with van der Waals surface area (Å²) >= 11 is 2.75. The molecule has 1 aromatic carbocycles. The van der Waals surface area contributed by atoms with E-state index in [1.54, 1.807) is 11.5 Å². The zero-order valence-corrected chi connectivity index (χ0v) is 19.9. The van der Waals surface area contributed by atoms with Gasteiger partial charge >= 0.3 is 5.97 Å². The highest BCUT2D eigenvalue weighted by Gasteiger charge is 2.29. The molecule has 1 aliphatic heterocycles. The molecule has 1 aliphatic rings. The zero-order chi connectivity index (χ0) is 22.3. The van der Waals surface area contributed by atoms with Gasteiger partial charge in [0.1, 0.15) is 10.1 Å². The van der Waals surface area contributed by atoms with E-state index in [1.807, 2.05) is 31.2 Å². The van der Waals surface area contributed by atoms with Crippen LogP contribution in [-0.4, -0.2) is 34.0 Å². The number of nitrogens with zero attached hydrogens (tertiary/aromatic N) is 2. The molecule has 6 nitrogen and oxygen atoms in total. The summed E-state index contributed by atoms with van der Waals surface area (Å²) in [5.74, 6) is 0.0136. The molecule has 2 aromatic heterocycles. The number of thiophene rings is 1. The largest absolute Gasteiger partial charge is 0.468 e. The van der Waals surface area contributed by atoms with E-state index in [9.17, 15) is 9.59 Å². The third-order valence-corrected chi connectivity index (χ3v) is 7.76. The molecule has 0 fully saturated rings. The quantitative estimate of drug-likeness (QED) is 0.318. The highest BCUT2D eigenvalue weighted by atomic mass is 32.2. The Kier molecular flexibility index (Phi) is 6.23. The smallest absolute Gasteiger partial charge is 0.318 e. The minimum Gasteiger partial charge on any atom is -0.468 e. The fourth-order valence-electron chi connectivity index (χ4n) is 3.81. The van der Waals surface area contributed by atoms with Crippen LogP contribution in [0.25, 0.3) is 15.9 Å². The van der Waals surface area contributed by atoms with E-state index in [4.69, 9.17) is 14.5 Å². The molecule has 0 N–H and O–H groups in total. The molecule has 3 aromatic rings. The molecule has 4 rings (SSSR count). The van der Waals surface area contributed by atoms with Gasteiger partial charge in [0.2, 0.25) is 0 Å². The summed E-state index contributed by atoms with van der Waals surface area (Å²) in [6.07, 6.45) is 0.799. The first-order valence-corrected chi connectivity index (χ1v) is 12.0. The number of fused-ring (bicyclic) bond motifs is 3. The Bertz CT molecular complexity index is 1200. The maximum absolute atomic E-state index is 13.9. The van der Waals surface area contributed by atoms with Crippen molar-refractivity contribution in [3.05, 3.63) is 50.6 Å². The second-order valence-corrected chi connectivity index (χ2v) is 10.5. The van der Waals surface area contributed by atoms with E-state index in [-0.39, 0.29) is 17.6 Å². The number of hydrogen-bond donors (Lipinski definition) is 0. The van der Waals surface area contributed by atoms with Gasteiger partial charge < -0.3 is 9.47 Å². The molecular formula is C23H26N2O4S2. The molecule has 8 heteroatoms. The molecule has 0 aliphatic carbocycles. The third-order valence-electron chi connectivity index (χ3n) is 5.63. The van der Waals surface area contributed by atoms with E-state index < -0.39 is 5.25 Å². The molecule has 2 atom stereocenters. The van der Waals surface area contributed by atoms with Gasteiger partial charge in [-0.2, -0.15) is 0 Å². The number of para-hydroxylation sites is 1. The van der Waals surface area contributed by atoms with Crippen molar-refractivity contribution in [2.24, 2.45) is 5.92 Å². The fourth-order valence-corrected chi connectivity index (χ4v) is 5.92. The number of carbonyl (C=O) groups excluding carboxylic acids is 1. The van der Waals surface area contributed by atoms with Crippen LogP contribution in [0.5, 0.6) is 0 Å². The summed E-state index contributed by atoms with van der Waals surface area (Å²) in [5.41, 5.74) is 2.70. The first kappa shape index (κ1) is 22.0. The number of benzene rings is 1. The van der Waals surface area contributed by atoms with Crippen molar-refractivity contribution < 1.29 is 14.3 Å². The van der Waals surface area contributed by atoms with Crippen molar-refractivity contribution in [3.8, 4) is 5.69 Å². The van der Waals surface area contributed by atoms with Crippen molar-refractivity contribution in [1.82, 2.24) is 9.55 Å². The number of thioether (sulfide) groups is 1. The number of methoxy groups -OCH3 is 1. The van der Waals surface area contributed by atoms with Gasteiger partial charge in [-0.15, -0.1) is 11.3 Å². The summed E-state index contributed by atoms with van der Waals surface area (Å²) in [7, 11) is 1.36. The molecule has 0 saturated carbocycles. The Balaban J connectivity index is 1.95. The molecule has 0 radical (unpaired) electrons. The maximum Gasteiger partial charge on any atom is 0.318 e. The predicted octanol–water partition coefficient (Wildman–Crippen LogP) is 4.51. The molecule has 0 spiro atoms. The highest BCUT2D eigenvalue weighted by Crippen LogP contribution is 2.37. The van der Waals surface area contributed by atoms with Crippen molar-refractivity contribution in [3.63, 3.8) is 0 Å². The van der Waals surface area contributed by atoms with Crippen LogP contribution in [0.1, 0.15) is 36.8 Å². The van der Waals surface area contributed by atoms with E-state index in [0.717, 1.165) is 21.7 Å². The van der Waals surface area contributed by atoms with Gasteiger partial charge in [0, 0.05) is 11.3 Å². The lowest BCUT2D eigenvalue weighted by atomic mass is 9.96. The minimum atomic E-state index is -0.493. The van der Waals surface area contributed by atoms with Gasteiger partial charge in [-0.25, -0.2) is 4.98 Å². The average Bonchev–Trinajstić information content (AvgIpc) is 3.11. The number of ether oxygens (including phenoxy) is 2. The van der Waals surface area contributed by atoms with Gasteiger partial charge in [-0.05, 0) is 37.0 Å². The highest BCUT2D eigenvalue weighted by molar-refractivity contribution is 8.00. The molecular weight excluding hydrogens is 432 g/mol. The Morgan fingerprint density at radius 1 is 1.32 bits per heavy atom. The lowest BCUT2D eigenvalue weighted by Crippen LogP contribution is -2.28. The number of hydrogen-bond acceptors (Lipinski definition) is 7. The molecule has 31 heavy (non-hydrogen) atoms. The van der Waals surface area contributed by atoms with Crippen LogP contribution >= 0.6 is 23.1 Å². The summed E-state index contributed by atoms with van der Waals surface area (Å²) < 4.78 is 12.5. The van der Waals surface area contributed by atoms with Crippen LogP contribution in [0.15, 0.2) is 34.2 Å². The Hall–Kier alpha value is -2.16. The van der Waals surface area contributed by atoms with Crippen LogP contribution in [0, 0.1) is 12.8 Å². The first-order chi connectivity index (χ1) is 14.8. The number of aromatic nitrogens is 2. The van der Waals surface area contributed by atoms with E-state index in [2.05, 4.69) is 13.8 Å². The topological polar surface area (TPSA) is 70.4 Å². The van der Waals surface area contributed by atoms with Crippen LogP contribution in [-0.2, 0) is 27.3 Å². The number of esters is 1. The summed E-state index contributed by atoms with van der Waals surface area (Å²) in [4.78, 5) is 32.6. The van der Waals surface area contributed by atoms with Crippen LogP contribution in [0.4, 0.5) is 0 Å². The van der Waals surface area contributed by atoms with E-state index in [0.29, 0.717) is 34.3 Å². The molecule has 3 heterocycles. The van der Waals surface area contributed by atoms with Crippen LogP contribution in [0.2, 0.25) is 0 Å². The van der Waals surface area contributed by atoms with E-state index >= 15 is 0 Å². The molecule has 164 valence electrons. The maximum atomic E-state index is 13.9. The molecule has 0 saturated heterocycles. The number of aryl methyl sites for hydroxylation is 1. The van der Waals surface area contributed by atoms with Crippen molar-refractivity contribution >= 4 is 39.3 Å². The van der Waals surface area contributed by atoms with Gasteiger partial charge in [0.25, 0.3) is 5.56 Å². The molecule has 0 amide bonds. The number of carbonyl (C=O) groups is 1. The SMILES string of the molecule is COC(=O)[C@@H](C)Sc1nc2sc3c(c2c(=O)n1-c1ccccc1C)C[C@@H](C(C)C)OC3. The van der Waals surface area contributed by atoms with Gasteiger partial charge in [-0.3, -0.25) is 14.2 Å².